The van der Waals surface area contributed by atoms with Gasteiger partial charge in [-0.05, 0) is 42.7 Å². The molecular formula is C17H17BrClNOS. The quantitative estimate of drug-likeness (QED) is 0.711. The van der Waals surface area contributed by atoms with Crippen molar-refractivity contribution in [3.63, 3.8) is 0 Å². The molecule has 2 aromatic rings. The maximum absolute atomic E-state index is 12.1. The summed E-state index contributed by atoms with van der Waals surface area (Å²) in [5, 5.41) is 3.49. The van der Waals surface area contributed by atoms with Crippen molar-refractivity contribution in [1.29, 1.82) is 0 Å². The fourth-order valence-corrected chi connectivity index (χ4v) is 3.93. The van der Waals surface area contributed by atoms with Crippen molar-refractivity contribution in [3.05, 3.63) is 62.6 Å². The van der Waals surface area contributed by atoms with Crippen molar-refractivity contribution in [2.75, 3.05) is 11.1 Å². The largest absolute Gasteiger partial charge is 0.324 e. The van der Waals surface area contributed by atoms with Gasteiger partial charge in [-0.3, -0.25) is 4.79 Å². The SMILES string of the molecule is Cc1cc(C)c(NC(=O)CSCc2ccccc2Br)c(Cl)c1. The smallest absolute Gasteiger partial charge is 0.234 e. The second kappa shape index (κ2) is 8.04. The Balaban J connectivity index is 1.90. The summed E-state index contributed by atoms with van der Waals surface area (Å²) in [5.74, 6) is 1.14. The van der Waals surface area contributed by atoms with Crippen LogP contribution in [0.1, 0.15) is 16.7 Å². The third-order valence-corrected chi connectivity index (χ3v) is 5.20. The second-order valence-corrected chi connectivity index (χ2v) is 7.32. The average molecular weight is 399 g/mol. The number of anilines is 1. The van der Waals surface area contributed by atoms with E-state index < -0.39 is 0 Å². The number of rotatable bonds is 5. The van der Waals surface area contributed by atoms with Crippen LogP contribution in [-0.4, -0.2) is 11.7 Å². The van der Waals surface area contributed by atoms with Gasteiger partial charge in [0.15, 0.2) is 0 Å². The molecule has 0 aromatic heterocycles. The molecule has 22 heavy (non-hydrogen) atoms. The van der Waals surface area contributed by atoms with E-state index in [4.69, 9.17) is 11.6 Å². The lowest BCUT2D eigenvalue weighted by Crippen LogP contribution is -2.15. The van der Waals surface area contributed by atoms with Crippen molar-refractivity contribution in [2.24, 2.45) is 0 Å². The fourth-order valence-electron chi connectivity index (χ4n) is 2.12. The number of carbonyl (C=O) groups is 1. The number of carbonyl (C=O) groups excluding carboxylic acids is 1. The van der Waals surface area contributed by atoms with Crippen molar-refractivity contribution in [1.82, 2.24) is 0 Å². The molecule has 2 nitrogen and oxygen atoms in total. The molecule has 0 aliphatic rings. The molecule has 0 aliphatic heterocycles. The number of nitrogens with one attached hydrogen (secondary N) is 1. The summed E-state index contributed by atoms with van der Waals surface area (Å²) >= 11 is 11.3. The second-order valence-electron chi connectivity index (χ2n) is 5.07. The number of thioether (sulfide) groups is 1. The highest BCUT2D eigenvalue weighted by molar-refractivity contribution is 9.10. The first-order valence-corrected chi connectivity index (χ1v) is 9.17. The molecule has 0 bridgehead atoms. The molecular weight excluding hydrogens is 382 g/mol. The molecule has 0 unspecified atom stereocenters. The zero-order chi connectivity index (χ0) is 16.1. The molecule has 0 aliphatic carbocycles. The van der Waals surface area contributed by atoms with Gasteiger partial charge in [0, 0.05) is 10.2 Å². The van der Waals surface area contributed by atoms with Gasteiger partial charge in [0.05, 0.1) is 16.5 Å². The Bertz CT molecular complexity index is 667. The van der Waals surface area contributed by atoms with Gasteiger partial charge in [0.1, 0.15) is 0 Å². The predicted molar refractivity (Wildman–Crippen MR) is 99.9 cm³/mol. The van der Waals surface area contributed by atoms with Gasteiger partial charge in [-0.1, -0.05) is 51.8 Å². The third-order valence-electron chi connectivity index (χ3n) is 3.14. The van der Waals surface area contributed by atoms with E-state index in [1.54, 1.807) is 11.8 Å². The molecule has 116 valence electrons. The Labute approximate surface area is 148 Å². The van der Waals surface area contributed by atoms with E-state index in [-0.39, 0.29) is 5.91 Å². The monoisotopic (exact) mass is 397 g/mol. The Morgan fingerprint density at radius 2 is 2.00 bits per heavy atom. The molecule has 0 heterocycles. The van der Waals surface area contributed by atoms with Crippen LogP contribution in [0.2, 0.25) is 5.02 Å². The lowest BCUT2D eigenvalue weighted by molar-refractivity contribution is -0.113. The van der Waals surface area contributed by atoms with Crippen molar-refractivity contribution >= 4 is 50.9 Å². The van der Waals surface area contributed by atoms with Crippen LogP contribution in [-0.2, 0) is 10.5 Å². The molecule has 5 heteroatoms. The van der Waals surface area contributed by atoms with Crippen LogP contribution < -0.4 is 5.32 Å². The first-order chi connectivity index (χ1) is 10.5. The average Bonchev–Trinajstić information content (AvgIpc) is 2.45. The number of halogens is 2. The summed E-state index contributed by atoms with van der Waals surface area (Å²) in [5.41, 5.74) is 3.96. The molecule has 0 saturated carbocycles. The Morgan fingerprint density at radius 3 is 2.68 bits per heavy atom. The van der Waals surface area contributed by atoms with Gasteiger partial charge < -0.3 is 5.32 Å². The van der Waals surface area contributed by atoms with Gasteiger partial charge in [0.25, 0.3) is 0 Å². The summed E-state index contributed by atoms with van der Waals surface area (Å²) in [6, 6.07) is 11.9. The molecule has 0 saturated heterocycles. The highest BCUT2D eigenvalue weighted by Gasteiger charge is 2.10. The summed E-state index contributed by atoms with van der Waals surface area (Å²) in [6.45, 7) is 3.93. The highest BCUT2D eigenvalue weighted by Crippen LogP contribution is 2.28. The van der Waals surface area contributed by atoms with E-state index in [0.717, 1.165) is 21.4 Å². The number of hydrogen-bond donors (Lipinski definition) is 1. The van der Waals surface area contributed by atoms with Crippen molar-refractivity contribution in [3.8, 4) is 0 Å². The summed E-state index contributed by atoms with van der Waals surface area (Å²) in [4.78, 5) is 12.1. The standard InChI is InChI=1S/C17H17BrClNOS/c1-11-7-12(2)17(15(19)8-11)20-16(21)10-22-9-13-5-3-4-6-14(13)18/h3-8H,9-10H2,1-2H3,(H,20,21). The van der Waals surface area contributed by atoms with Crippen molar-refractivity contribution in [2.45, 2.75) is 19.6 Å². The Hall–Kier alpha value is -0.970. The van der Waals surface area contributed by atoms with E-state index >= 15 is 0 Å². The van der Waals surface area contributed by atoms with E-state index in [1.807, 2.05) is 44.2 Å². The molecule has 0 fully saturated rings. The summed E-state index contributed by atoms with van der Waals surface area (Å²) < 4.78 is 1.07. The van der Waals surface area contributed by atoms with Gasteiger partial charge in [0.2, 0.25) is 5.91 Å². The van der Waals surface area contributed by atoms with E-state index in [1.165, 1.54) is 5.56 Å². The topological polar surface area (TPSA) is 29.1 Å². The fraction of sp³-hybridized carbons (Fsp3) is 0.235. The molecule has 2 rings (SSSR count). The van der Waals surface area contributed by atoms with Gasteiger partial charge in [-0.25, -0.2) is 0 Å². The maximum atomic E-state index is 12.1. The van der Waals surface area contributed by atoms with Crippen LogP contribution in [0, 0.1) is 13.8 Å². The Kier molecular flexibility index (Phi) is 6.36. The van der Waals surface area contributed by atoms with Crippen LogP contribution >= 0.6 is 39.3 Å². The lowest BCUT2D eigenvalue weighted by atomic mass is 10.1. The minimum Gasteiger partial charge on any atom is -0.324 e. The van der Waals surface area contributed by atoms with Crippen LogP contribution in [0.25, 0.3) is 0 Å². The highest BCUT2D eigenvalue weighted by atomic mass is 79.9. The number of amides is 1. The lowest BCUT2D eigenvalue weighted by Gasteiger charge is -2.11. The normalized spacial score (nSPS) is 10.5. The number of hydrogen-bond acceptors (Lipinski definition) is 2. The van der Waals surface area contributed by atoms with Gasteiger partial charge in [-0.15, -0.1) is 11.8 Å². The summed E-state index contributed by atoms with van der Waals surface area (Å²) in [7, 11) is 0. The van der Waals surface area contributed by atoms with Crippen molar-refractivity contribution < 1.29 is 4.79 Å². The van der Waals surface area contributed by atoms with Crippen LogP contribution in [0.3, 0.4) is 0 Å². The van der Waals surface area contributed by atoms with Crippen LogP contribution in [0.4, 0.5) is 5.69 Å². The molecule has 1 amide bonds. The third kappa shape index (κ3) is 4.77. The first-order valence-electron chi connectivity index (χ1n) is 6.85. The minimum atomic E-state index is -0.0362. The molecule has 1 N–H and O–H groups in total. The van der Waals surface area contributed by atoms with Crippen LogP contribution in [0.15, 0.2) is 40.9 Å². The molecule has 0 spiro atoms. The molecule has 0 atom stereocenters. The first kappa shape index (κ1) is 17.4. The van der Waals surface area contributed by atoms with Gasteiger partial charge >= 0.3 is 0 Å². The van der Waals surface area contributed by atoms with E-state index in [0.29, 0.717) is 16.5 Å². The zero-order valence-electron chi connectivity index (χ0n) is 12.5. The number of benzene rings is 2. The summed E-state index contributed by atoms with van der Waals surface area (Å²) in [6.07, 6.45) is 0. The maximum Gasteiger partial charge on any atom is 0.234 e. The van der Waals surface area contributed by atoms with E-state index in [2.05, 4.69) is 27.3 Å². The zero-order valence-corrected chi connectivity index (χ0v) is 15.6. The number of aryl methyl sites for hydroxylation is 2. The predicted octanol–water partition coefficient (Wildman–Crippen LogP) is 5.59. The van der Waals surface area contributed by atoms with E-state index in [9.17, 15) is 4.79 Å². The Morgan fingerprint density at radius 1 is 1.27 bits per heavy atom. The minimum absolute atomic E-state index is 0.0362. The van der Waals surface area contributed by atoms with Gasteiger partial charge in [-0.2, -0.15) is 0 Å². The van der Waals surface area contributed by atoms with Crippen LogP contribution in [0.5, 0.6) is 0 Å². The molecule has 0 radical (unpaired) electrons. The molecule has 2 aromatic carbocycles.